The van der Waals surface area contributed by atoms with Gasteiger partial charge in [-0.1, -0.05) is 18.6 Å². The van der Waals surface area contributed by atoms with Gasteiger partial charge < -0.3 is 15.8 Å². The topological polar surface area (TPSA) is 64.3 Å². The standard InChI is InChI=1S/C20H30N2O2.ClH/c1-13-5-3-8-18(9-13)24-14(2)12-22-20(23)17-10-15-6-4-7-16(11-17)19(15)21;/h3,5,8-9,14-17,19H,4,6-7,10-12,21H2,1-2H3,(H,22,23);1H. The molecular weight excluding hydrogens is 336 g/mol. The van der Waals surface area contributed by atoms with E-state index in [0.717, 1.165) is 18.6 Å². The van der Waals surface area contributed by atoms with Crippen LogP contribution in [0.4, 0.5) is 0 Å². The van der Waals surface area contributed by atoms with Gasteiger partial charge in [0.25, 0.3) is 0 Å². The van der Waals surface area contributed by atoms with Crippen molar-refractivity contribution in [3.63, 3.8) is 0 Å². The van der Waals surface area contributed by atoms with E-state index >= 15 is 0 Å². The fraction of sp³-hybridized carbons (Fsp3) is 0.650. The maximum atomic E-state index is 12.5. The highest BCUT2D eigenvalue weighted by molar-refractivity contribution is 5.85. The first-order chi connectivity index (χ1) is 11.5. The number of aryl methyl sites for hydroxylation is 1. The molecule has 2 aliphatic carbocycles. The van der Waals surface area contributed by atoms with Crippen molar-refractivity contribution in [1.29, 1.82) is 0 Å². The van der Waals surface area contributed by atoms with E-state index in [0.29, 0.717) is 24.4 Å². The molecule has 3 unspecified atom stereocenters. The van der Waals surface area contributed by atoms with E-state index in [2.05, 4.69) is 5.32 Å². The van der Waals surface area contributed by atoms with Gasteiger partial charge in [0.05, 0.1) is 6.54 Å². The molecule has 0 radical (unpaired) electrons. The maximum absolute atomic E-state index is 12.5. The molecule has 3 N–H and O–H groups in total. The van der Waals surface area contributed by atoms with Gasteiger partial charge in [-0.2, -0.15) is 0 Å². The molecule has 1 aromatic carbocycles. The molecule has 0 spiro atoms. The quantitative estimate of drug-likeness (QED) is 0.838. The van der Waals surface area contributed by atoms with Crippen LogP contribution in [0.15, 0.2) is 24.3 Å². The molecule has 3 rings (SSSR count). The zero-order valence-electron chi connectivity index (χ0n) is 15.2. The van der Waals surface area contributed by atoms with Gasteiger partial charge in [-0.3, -0.25) is 4.79 Å². The molecule has 140 valence electrons. The number of hydrogen-bond acceptors (Lipinski definition) is 3. The number of rotatable bonds is 5. The van der Waals surface area contributed by atoms with Crippen LogP contribution in [0.2, 0.25) is 0 Å². The van der Waals surface area contributed by atoms with E-state index in [1.807, 2.05) is 38.1 Å². The molecule has 25 heavy (non-hydrogen) atoms. The number of amides is 1. The van der Waals surface area contributed by atoms with Gasteiger partial charge >= 0.3 is 0 Å². The third-order valence-corrected chi connectivity index (χ3v) is 5.67. The molecule has 2 bridgehead atoms. The van der Waals surface area contributed by atoms with Crippen LogP contribution in [0.25, 0.3) is 0 Å². The smallest absolute Gasteiger partial charge is 0.223 e. The molecule has 0 aliphatic heterocycles. The summed E-state index contributed by atoms with van der Waals surface area (Å²) in [4.78, 5) is 12.5. The average molecular weight is 367 g/mol. The highest BCUT2D eigenvalue weighted by atomic mass is 35.5. The van der Waals surface area contributed by atoms with E-state index in [1.54, 1.807) is 0 Å². The highest BCUT2D eigenvalue weighted by Gasteiger charge is 2.40. The minimum Gasteiger partial charge on any atom is -0.489 e. The van der Waals surface area contributed by atoms with Crippen molar-refractivity contribution in [2.75, 3.05) is 6.54 Å². The van der Waals surface area contributed by atoms with Gasteiger partial charge in [-0.25, -0.2) is 0 Å². The Bertz CT molecular complexity index is 567. The largest absolute Gasteiger partial charge is 0.489 e. The first-order valence-electron chi connectivity index (χ1n) is 9.29. The summed E-state index contributed by atoms with van der Waals surface area (Å²) in [6.07, 6.45) is 5.52. The molecular formula is C20H31ClN2O2. The number of carbonyl (C=O) groups excluding carboxylic acids is 1. The molecule has 0 heterocycles. The van der Waals surface area contributed by atoms with Crippen LogP contribution in [-0.2, 0) is 4.79 Å². The summed E-state index contributed by atoms with van der Waals surface area (Å²) in [5.74, 6) is 2.24. The molecule has 2 fully saturated rings. The van der Waals surface area contributed by atoms with Gasteiger partial charge in [0.1, 0.15) is 11.9 Å². The van der Waals surface area contributed by atoms with E-state index in [-0.39, 0.29) is 30.3 Å². The SMILES string of the molecule is Cc1cccc(OC(C)CNC(=O)C2CC3CCCC(C2)C3N)c1.Cl. The van der Waals surface area contributed by atoms with Gasteiger partial charge in [-0.05, 0) is 69.1 Å². The normalized spacial score (nSPS) is 29.2. The number of nitrogens with two attached hydrogens (primary N) is 1. The third kappa shape index (κ3) is 5.11. The molecule has 1 amide bonds. The first kappa shape index (κ1) is 20.1. The summed E-state index contributed by atoms with van der Waals surface area (Å²) in [7, 11) is 0. The van der Waals surface area contributed by atoms with Gasteiger partial charge in [0.2, 0.25) is 5.91 Å². The van der Waals surface area contributed by atoms with Gasteiger partial charge in [-0.15, -0.1) is 12.4 Å². The molecule has 1 aromatic rings. The number of nitrogens with one attached hydrogen (secondary N) is 1. The summed E-state index contributed by atoms with van der Waals surface area (Å²) < 4.78 is 5.89. The van der Waals surface area contributed by atoms with Crippen LogP contribution in [0, 0.1) is 24.7 Å². The predicted octanol–water partition coefficient (Wildman–Crippen LogP) is 3.45. The van der Waals surface area contributed by atoms with E-state index in [4.69, 9.17) is 10.5 Å². The van der Waals surface area contributed by atoms with Gasteiger partial charge in [0, 0.05) is 12.0 Å². The summed E-state index contributed by atoms with van der Waals surface area (Å²) in [6, 6.07) is 8.31. The number of halogens is 1. The van der Waals surface area contributed by atoms with E-state index in [9.17, 15) is 4.79 Å². The molecule has 2 aliphatic rings. The number of ether oxygens (including phenoxy) is 1. The van der Waals surface area contributed by atoms with Gasteiger partial charge in [0.15, 0.2) is 0 Å². The first-order valence-corrected chi connectivity index (χ1v) is 9.29. The lowest BCUT2D eigenvalue weighted by Gasteiger charge is -2.43. The van der Waals surface area contributed by atoms with Crippen molar-refractivity contribution < 1.29 is 9.53 Å². The second kappa shape index (κ2) is 8.91. The second-order valence-electron chi connectivity index (χ2n) is 7.69. The van der Waals surface area contributed by atoms with Crippen molar-refractivity contribution in [2.45, 2.75) is 58.1 Å². The summed E-state index contributed by atoms with van der Waals surface area (Å²) >= 11 is 0. The summed E-state index contributed by atoms with van der Waals surface area (Å²) in [6.45, 7) is 4.59. The summed E-state index contributed by atoms with van der Waals surface area (Å²) in [5, 5.41) is 3.09. The minimum absolute atomic E-state index is 0. The van der Waals surface area contributed by atoms with Crippen molar-refractivity contribution >= 4 is 18.3 Å². The molecule has 2 saturated carbocycles. The molecule has 4 nitrogen and oxygen atoms in total. The third-order valence-electron chi connectivity index (χ3n) is 5.67. The number of hydrogen-bond donors (Lipinski definition) is 2. The lowest BCUT2D eigenvalue weighted by molar-refractivity contribution is -0.128. The van der Waals surface area contributed by atoms with Crippen molar-refractivity contribution in [3.8, 4) is 5.75 Å². The second-order valence-corrected chi connectivity index (χ2v) is 7.69. The average Bonchev–Trinajstić information content (AvgIpc) is 2.52. The Morgan fingerprint density at radius 1 is 1.32 bits per heavy atom. The Labute approximate surface area is 157 Å². The van der Waals surface area contributed by atoms with Crippen LogP contribution < -0.4 is 15.8 Å². The minimum atomic E-state index is -0.0407. The summed E-state index contributed by atoms with van der Waals surface area (Å²) in [5.41, 5.74) is 7.49. The van der Waals surface area contributed by atoms with Crippen LogP contribution in [0.5, 0.6) is 5.75 Å². The fourth-order valence-corrected chi connectivity index (χ4v) is 4.35. The van der Waals surface area contributed by atoms with Crippen molar-refractivity contribution in [2.24, 2.45) is 23.5 Å². The van der Waals surface area contributed by atoms with Crippen LogP contribution in [0.3, 0.4) is 0 Å². The van der Waals surface area contributed by atoms with Crippen molar-refractivity contribution in [3.05, 3.63) is 29.8 Å². The van der Waals surface area contributed by atoms with E-state index < -0.39 is 0 Å². The molecule has 0 aromatic heterocycles. The van der Waals surface area contributed by atoms with E-state index in [1.165, 1.54) is 24.8 Å². The number of fused-ring (bicyclic) bond motifs is 2. The Kier molecular flexibility index (Phi) is 7.14. The fourth-order valence-electron chi connectivity index (χ4n) is 4.35. The maximum Gasteiger partial charge on any atom is 0.223 e. The Morgan fingerprint density at radius 2 is 2.00 bits per heavy atom. The number of carbonyl (C=O) groups is 1. The Balaban J connectivity index is 0.00000225. The number of benzene rings is 1. The molecule has 3 atom stereocenters. The lowest BCUT2D eigenvalue weighted by atomic mass is 9.65. The monoisotopic (exact) mass is 366 g/mol. The zero-order valence-corrected chi connectivity index (χ0v) is 16.1. The Hall–Kier alpha value is -1.26. The van der Waals surface area contributed by atoms with Crippen LogP contribution >= 0.6 is 12.4 Å². The van der Waals surface area contributed by atoms with Crippen LogP contribution in [0.1, 0.15) is 44.6 Å². The molecule has 5 heteroatoms. The zero-order chi connectivity index (χ0) is 17.1. The van der Waals surface area contributed by atoms with Crippen molar-refractivity contribution in [1.82, 2.24) is 5.32 Å². The Morgan fingerprint density at radius 3 is 2.64 bits per heavy atom. The van der Waals surface area contributed by atoms with Crippen LogP contribution in [-0.4, -0.2) is 24.6 Å². The lowest BCUT2D eigenvalue weighted by Crippen LogP contribution is -2.49. The molecule has 0 saturated heterocycles. The highest BCUT2D eigenvalue weighted by Crippen LogP contribution is 2.41. The predicted molar refractivity (Wildman–Crippen MR) is 103 cm³/mol.